The summed E-state index contributed by atoms with van der Waals surface area (Å²) in [6, 6.07) is 0.401. The molecule has 3 rings (SSSR count). The van der Waals surface area contributed by atoms with E-state index >= 15 is 0 Å². The summed E-state index contributed by atoms with van der Waals surface area (Å²) in [6.07, 6.45) is 7.22. The van der Waals surface area contributed by atoms with Crippen molar-refractivity contribution in [3.63, 3.8) is 0 Å². The standard InChI is InChI=1S/C27H43N5O8S/c33-22(6-2-1-5-21-26-20(19-41-21)30-27(37)31-26)28-10-3-13-38-15-17-40-18-16-39-14-4-11-29-23(34)9-12-32-24(35)7-8-25(32)36/h7-8,20-21,26H,1-6,9-19H2,(H,28,33)(H,29,34)(H2,30,31,37). The van der Waals surface area contributed by atoms with Crippen LogP contribution in [0.2, 0.25) is 0 Å². The van der Waals surface area contributed by atoms with Gasteiger partial charge in [-0.25, -0.2) is 4.79 Å². The van der Waals surface area contributed by atoms with Gasteiger partial charge in [0.15, 0.2) is 0 Å². The van der Waals surface area contributed by atoms with Crippen molar-refractivity contribution in [2.75, 3.05) is 65.0 Å². The molecule has 14 heteroatoms. The second kappa shape index (κ2) is 18.7. The quantitative estimate of drug-likeness (QED) is 0.0769. The lowest BCUT2D eigenvalue weighted by Gasteiger charge is -2.16. The summed E-state index contributed by atoms with van der Waals surface area (Å²) in [5.41, 5.74) is 0. The molecule has 0 radical (unpaired) electrons. The Kier molecular flexibility index (Phi) is 15.0. The first-order chi connectivity index (χ1) is 19.9. The van der Waals surface area contributed by atoms with Gasteiger partial charge in [-0.15, -0.1) is 0 Å². The number of hydrogen-bond donors (Lipinski definition) is 4. The van der Waals surface area contributed by atoms with Crippen LogP contribution in [0.25, 0.3) is 0 Å². The molecule has 0 saturated carbocycles. The molecule has 0 spiro atoms. The molecule has 2 saturated heterocycles. The van der Waals surface area contributed by atoms with Crippen molar-refractivity contribution in [2.24, 2.45) is 0 Å². The Balaban J connectivity index is 0.998. The van der Waals surface area contributed by atoms with Gasteiger partial charge in [0, 0.05) is 68.8 Å². The Bertz CT molecular complexity index is 902. The van der Waals surface area contributed by atoms with Crippen molar-refractivity contribution in [2.45, 2.75) is 62.3 Å². The molecule has 0 aromatic rings. The second-order valence-electron chi connectivity index (χ2n) is 10.0. The smallest absolute Gasteiger partial charge is 0.315 e. The minimum atomic E-state index is -0.387. The fraction of sp³-hybridized carbons (Fsp3) is 0.741. The second-order valence-corrected chi connectivity index (χ2v) is 11.3. The van der Waals surface area contributed by atoms with Crippen LogP contribution in [0.1, 0.15) is 44.9 Å². The number of carbonyl (C=O) groups is 5. The molecule has 6 amide bonds. The molecular formula is C27H43N5O8S. The summed E-state index contributed by atoms with van der Waals surface area (Å²) in [5.74, 6) is 0.0304. The number of urea groups is 1. The van der Waals surface area contributed by atoms with Gasteiger partial charge in [-0.3, -0.25) is 24.1 Å². The minimum absolute atomic E-state index is 0.0640. The van der Waals surface area contributed by atoms with Crippen LogP contribution < -0.4 is 21.3 Å². The van der Waals surface area contributed by atoms with Gasteiger partial charge in [0.1, 0.15) is 0 Å². The van der Waals surface area contributed by atoms with E-state index in [0.29, 0.717) is 70.8 Å². The molecular weight excluding hydrogens is 554 g/mol. The summed E-state index contributed by atoms with van der Waals surface area (Å²) in [4.78, 5) is 59.1. The summed E-state index contributed by atoms with van der Waals surface area (Å²) in [7, 11) is 0. The molecule has 3 heterocycles. The monoisotopic (exact) mass is 597 g/mol. The Hall–Kier alpha value is -2.68. The molecule has 41 heavy (non-hydrogen) atoms. The Morgan fingerprint density at radius 2 is 1.39 bits per heavy atom. The number of thioether (sulfide) groups is 1. The molecule has 3 atom stereocenters. The van der Waals surface area contributed by atoms with Gasteiger partial charge in [-0.2, -0.15) is 11.8 Å². The maximum atomic E-state index is 12.0. The molecule has 0 aromatic heterocycles. The van der Waals surface area contributed by atoms with Gasteiger partial charge in [0.2, 0.25) is 11.8 Å². The summed E-state index contributed by atoms with van der Waals surface area (Å²) < 4.78 is 16.4. The van der Waals surface area contributed by atoms with Crippen molar-refractivity contribution >= 4 is 41.4 Å². The number of nitrogens with zero attached hydrogens (tertiary/aromatic N) is 1. The molecule has 0 bridgehead atoms. The zero-order valence-corrected chi connectivity index (χ0v) is 24.3. The van der Waals surface area contributed by atoms with Gasteiger partial charge in [0.05, 0.1) is 38.5 Å². The Morgan fingerprint density at radius 1 is 0.805 bits per heavy atom. The minimum Gasteiger partial charge on any atom is -0.379 e. The maximum Gasteiger partial charge on any atom is 0.315 e. The van der Waals surface area contributed by atoms with Crippen LogP contribution in [-0.2, 0) is 33.4 Å². The van der Waals surface area contributed by atoms with Crippen LogP contribution >= 0.6 is 11.8 Å². The highest BCUT2D eigenvalue weighted by Crippen LogP contribution is 2.33. The Labute approximate surface area is 245 Å². The number of amides is 6. The average molecular weight is 598 g/mol. The number of ether oxygens (including phenoxy) is 3. The average Bonchev–Trinajstić information content (AvgIpc) is 3.61. The lowest BCUT2D eigenvalue weighted by atomic mass is 10.0. The van der Waals surface area contributed by atoms with Crippen LogP contribution in [0.4, 0.5) is 4.79 Å². The van der Waals surface area contributed by atoms with Gasteiger partial charge >= 0.3 is 6.03 Å². The van der Waals surface area contributed by atoms with Gasteiger partial charge in [-0.1, -0.05) is 6.42 Å². The van der Waals surface area contributed by atoms with E-state index in [2.05, 4.69) is 21.3 Å². The predicted octanol–water partition coefficient (Wildman–Crippen LogP) is 0.0897. The van der Waals surface area contributed by atoms with E-state index in [-0.39, 0.29) is 54.7 Å². The highest BCUT2D eigenvalue weighted by Gasteiger charge is 2.42. The van der Waals surface area contributed by atoms with E-state index < -0.39 is 0 Å². The zero-order chi connectivity index (χ0) is 29.3. The molecule has 0 aromatic carbocycles. The number of imide groups is 1. The third-order valence-corrected chi connectivity index (χ3v) is 8.37. The fourth-order valence-electron chi connectivity index (χ4n) is 4.66. The molecule has 3 unspecified atom stereocenters. The van der Waals surface area contributed by atoms with Crippen molar-refractivity contribution < 1.29 is 38.2 Å². The summed E-state index contributed by atoms with van der Waals surface area (Å²) >= 11 is 1.90. The van der Waals surface area contributed by atoms with Crippen molar-refractivity contribution in [1.82, 2.24) is 26.2 Å². The van der Waals surface area contributed by atoms with Gasteiger partial charge in [-0.05, 0) is 25.7 Å². The van der Waals surface area contributed by atoms with Crippen molar-refractivity contribution in [1.29, 1.82) is 0 Å². The first kappa shape index (κ1) is 32.8. The number of carbonyl (C=O) groups excluding carboxylic acids is 5. The number of rotatable bonds is 22. The number of fused-ring (bicyclic) bond motifs is 1. The third kappa shape index (κ3) is 12.4. The number of hydrogen-bond acceptors (Lipinski definition) is 9. The van der Waals surface area contributed by atoms with E-state index in [4.69, 9.17) is 14.2 Å². The molecule has 230 valence electrons. The van der Waals surface area contributed by atoms with Crippen LogP contribution in [-0.4, -0.2) is 117 Å². The highest BCUT2D eigenvalue weighted by atomic mass is 32.2. The number of nitrogens with one attached hydrogen (secondary N) is 4. The predicted molar refractivity (Wildman–Crippen MR) is 152 cm³/mol. The molecule has 3 aliphatic heterocycles. The largest absolute Gasteiger partial charge is 0.379 e. The first-order valence-corrected chi connectivity index (χ1v) is 15.5. The highest BCUT2D eigenvalue weighted by molar-refractivity contribution is 8.00. The topological polar surface area (TPSA) is 164 Å². The Morgan fingerprint density at radius 3 is 2.02 bits per heavy atom. The van der Waals surface area contributed by atoms with Gasteiger partial charge < -0.3 is 35.5 Å². The van der Waals surface area contributed by atoms with Crippen LogP contribution in [0.15, 0.2) is 12.2 Å². The van der Waals surface area contributed by atoms with E-state index in [1.165, 1.54) is 12.2 Å². The van der Waals surface area contributed by atoms with E-state index in [0.717, 1.165) is 36.3 Å². The first-order valence-electron chi connectivity index (χ1n) is 14.4. The van der Waals surface area contributed by atoms with Crippen LogP contribution in [0.5, 0.6) is 0 Å². The number of unbranched alkanes of at least 4 members (excludes halogenated alkanes) is 1. The van der Waals surface area contributed by atoms with Crippen molar-refractivity contribution in [3.8, 4) is 0 Å². The molecule has 4 N–H and O–H groups in total. The fourth-order valence-corrected chi connectivity index (χ4v) is 6.21. The van der Waals surface area contributed by atoms with Crippen LogP contribution in [0, 0.1) is 0 Å². The lowest BCUT2D eigenvalue weighted by Crippen LogP contribution is -2.36. The lowest BCUT2D eigenvalue weighted by molar-refractivity contribution is -0.137. The maximum absolute atomic E-state index is 12.0. The van der Waals surface area contributed by atoms with Crippen LogP contribution in [0.3, 0.4) is 0 Å². The summed E-state index contributed by atoms with van der Waals surface area (Å²) in [6.45, 7) is 3.98. The normalized spacial score (nSPS) is 21.2. The summed E-state index contributed by atoms with van der Waals surface area (Å²) in [5, 5.41) is 12.0. The molecule has 13 nitrogen and oxygen atoms in total. The molecule has 2 fully saturated rings. The van der Waals surface area contributed by atoms with E-state index in [9.17, 15) is 24.0 Å². The van der Waals surface area contributed by atoms with E-state index in [1.807, 2.05) is 11.8 Å². The molecule has 0 aliphatic carbocycles. The molecule has 3 aliphatic rings. The SMILES string of the molecule is O=C(CCCCC1SCC2NC(=O)NC21)NCCCOCCOCCOCCCNC(=O)CCN1C(=O)C=CC1=O. The van der Waals surface area contributed by atoms with Gasteiger partial charge in [0.25, 0.3) is 11.8 Å². The van der Waals surface area contributed by atoms with Crippen molar-refractivity contribution in [3.05, 3.63) is 12.2 Å². The zero-order valence-electron chi connectivity index (χ0n) is 23.5. The third-order valence-electron chi connectivity index (χ3n) is 6.86. The van der Waals surface area contributed by atoms with E-state index in [1.54, 1.807) is 0 Å².